The van der Waals surface area contributed by atoms with Gasteiger partial charge < -0.3 is 0 Å². The maximum atomic E-state index is 5.31. The van der Waals surface area contributed by atoms with Crippen molar-refractivity contribution in [2.24, 2.45) is 0 Å². The van der Waals surface area contributed by atoms with Crippen molar-refractivity contribution in [2.45, 2.75) is 19.3 Å². The third-order valence-corrected chi connectivity index (χ3v) is 11.0. The number of nitrogens with zero attached hydrogens (tertiary/aromatic N) is 4. The van der Waals surface area contributed by atoms with Gasteiger partial charge in [-0.15, -0.1) is 11.3 Å². The highest BCUT2D eigenvalue weighted by molar-refractivity contribution is 7.26. The van der Waals surface area contributed by atoms with Crippen LogP contribution >= 0.6 is 11.3 Å². The van der Waals surface area contributed by atoms with Crippen LogP contribution in [-0.4, -0.2) is 19.5 Å². The Morgan fingerprint density at radius 3 is 2.11 bits per heavy atom. The van der Waals surface area contributed by atoms with Crippen LogP contribution in [0.15, 0.2) is 133 Å². The molecule has 0 aliphatic heterocycles. The number of thiophene rings is 1. The summed E-state index contributed by atoms with van der Waals surface area (Å²) in [6.45, 7) is 4.62. The molecule has 0 unspecified atom stereocenters. The Labute approximate surface area is 275 Å². The maximum Gasteiger partial charge on any atom is 0.238 e. The molecule has 1 aliphatic rings. The van der Waals surface area contributed by atoms with E-state index in [4.69, 9.17) is 15.0 Å². The van der Waals surface area contributed by atoms with Crippen molar-refractivity contribution in [3.05, 3.63) is 145 Å². The summed E-state index contributed by atoms with van der Waals surface area (Å²) < 4.78 is 4.78. The smallest absolute Gasteiger partial charge is 0.238 e. The second-order valence-electron chi connectivity index (χ2n) is 12.9. The van der Waals surface area contributed by atoms with Crippen molar-refractivity contribution >= 4 is 53.3 Å². The third kappa shape index (κ3) is 3.78. The van der Waals surface area contributed by atoms with Crippen LogP contribution in [0.2, 0.25) is 0 Å². The maximum absolute atomic E-state index is 5.31. The van der Waals surface area contributed by atoms with Crippen molar-refractivity contribution in [3.8, 4) is 39.9 Å². The van der Waals surface area contributed by atoms with E-state index >= 15 is 0 Å². The Hall–Kier alpha value is -5.65. The number of hydrogen-bond donors (Lipinski definition) is 0. The normalized spacial score (nSPS) is 13.5. The van der Waals surface area contributed by atoms with E-state index in [1.807, 2.05) is 29.5 Å². The standard InChI is InChI=1S/C42H28N4S/c1-42(2)32-17-9-6-14-27(32)28-21-20-26(24-33(28)42)40-43-39(25-12-4-3-5-13-25)44-41(45-40)46-34-18-10-7-15-29(34)30-22-23-36-37(38(30)46)31-16-8-11-19-35(31)47-36/h3-24H,1-2H3. The second kappa shape index (κ2) is 9.68. The molecule has 0 atom stereocenters. The van der Waals surface area contributed by atoms with Gasteiger partial charge in [-0.25, -0.2) is 4.98 Å². The van der Waals surface area contributed by atoms with Crippen LogP contribution in [0.5, 0.6) is 0 Å². The lowest BCUT2D eigenvalue weighted by atomic mass is 9.82. The SMILES string of the molecule is CC1(C)c2ccccc2-c2ccc(-c3nc(-c4ccccc4)nc(-n4c5ccccc5c5ccc6sc7ccccc7c6c54)n3)cc21. The molecule has 4 nitrogen and oxygen atoms in total. The molecule has 0 amide bonds. The Morgan fingerprint density at radius 1 is 0.532 bits per heavy atom. The Balaban J connectivity index is 1.29. The molecular weight excluding hydrogens is 593 g/mol. The minimum Gasteiger partial charge on any atom is -0.277 e. The van der Waals surface area contributed by atoms with Crippen LogP contribution in [0.1, 0.15) is 25.0 Å². The predicted molar refractivity (Wildman–Crippen MR) is 195 cm³/mol. The molecule has 0 bridgehead atoms. The Bertz CT molecular complexity index is 2720. The molecule has 10 rings (SSSR count). The van der Waals surface area contributed by atoms with E-state index in [1.54, 1.807) is 0 Å². The molecule has 47 heavy (non-hydrogen) atoms. The third-order valence-electron chi connectivity index (χ3n) is 9.87. The number of fused-ring (bicyclic) bond motifs is 10. The summed E-state index contributed by atoms with van der Waals surface area (Å²) in [5.74, 6) is 1.93. The number of aromatic nitrogens is 4. The van der Waals surface area contributed by atoms with Gasteiger partial charge in [0, 0.05) is 47.5 Å². The molecule has 0 N–H and O–H groups in total. The Morgan fingerprint density at radius 2 is 1.23 bits per heavy atom. The lowest BCUT2D eigenvalue weighted by molar-refractivity contribution is 0.660. The van der Waals surface area contributed by atoms with Gasteiger partial charge in [-0.2, -0.15) is 9.97 Å². The molecule has 5 heteroatoms. The zero-order valence-electron chi connectivity index (χ0n) is 25.9. The van der Waals surface area contributed by atoms with Crippen molar-refractivity contribution in [2.75, 3.05) is 0 Å². The first-order chi connectivity index (χ1) is 23.1. The van der Waals surface area contributed by atoms with Gasteiger partial charge in [0.15, 0.2) is 11.6 Å². The zero-order valence-corrected chi connectivity index (χ0v) is 26.7. The molecule has 6 aromatic carbocycles. The summed E-state index contributed by atoms with van der Waals surface area (Å²) in [5.41, 5.74) is 9.25. The van der Waals surface area contributed by atoms with Gasteiger partial charge in [-0.3, -0.25) is 4.57 Å². The molecule has 222 valence electrons. The molecule has 0 fully saturated rings. The van der Waals surface area contributed by atoms with Gasteiger partial charge in [0.1, 0.15) is 0 Å². The molecule has 0 saturated heterocycles. The summed E-state index contributed by atoms with van der Waals surface area (Å²) in [7, 11) is 0. The first-order valence-electron chi connectivity index (χ1n) is 16.0. The van der Waals surface area contributed by atoms with Crippen LogP contribution in [0, 0.1) is 0 Å². The van der Waals surface area contributed by atoms with Crippen LogP contribution in [0.4, 0.5) is 0 Å². The fourth-order valence-corrected chi connectivity index (χ4v) is 8.73. The van der Waals surface area contributed by atoms with E-state index in [-0.39, 0.29) is 5.41 Å². The largest absolute Gasteiger partial charge is 0.277 e. The summed E-state index contributed by atoms with van der Waals surface area (Å²) in [6.07, 6.45) is 0. The van der Waals surface area contributed by atoms with E-state index in [1.165, 1.54) is 53.2 Å². The number of rotatable bonds is 3. The highest BCUT2D eigenvalue weighted by Gasteiger charge is 2.35. The fraction of sp³-hybridized carbons (Fsp3) is 0.0714. The van der Waals surface area contributed by atoms with Crippen molar-refractivity contribution in [1.82, 2.24) is 19.5 Å². The minimum absolute atomic E-state index is 0.126. The summed E-state index contributed by atoms with van der Waals surface area (Å²) in [5, 5.41) is 4.86. The minimum atomic E-state index is -0.126. The molecule has 1 aliphatic carbocycles. The van der Waals surface area contributed by atoms with Crippen LogP contribution in [0.3, 0.4) is 0 Å². The topological polar surface area (TPSA) is 43.6 Å². The van der Waals surface area contributed by atoms with Gasteiger partial charge in [-0.05, 0) is 46.5 Å². The molecule has 3 aromatic heterocycles. The first-order valence-corrected chi connectivity index (χ1v) is 16.8. The Kier molecular flexibility index (Phi) is 5.47. The highest BCUT2D eigenvalue weighted by atomic mass is 32.1. The molecular formula is C42H28N4S. The van der Waals surface area contributed by atoms with Gasteiger partial charge in [0.2, 0.25) is 5.95 Å². The van der Waals surface area contributed by atoms with E-state index in [9.17, 15) is 0 Å². The van der Waals surface area contributed by atoms with Crippen LogP contribution < -0.4 is 0 Å². The first kappa shape index (κ1) is 26.6. The van der Waals surface area contributed by atoms with Crippen LogP contribution in [-0.2, 0) is 5.41 Å². The van der Waals surface area contributed by atoms with Gasteiger partial charge in [0.25, 0.3) is 0 Å². The molecule has 0 radical (unpaired) electrons. The fourth-order valence-electron chi connectivity index (χ4n) is 7.63. The van der Waals surface area contributed by atoms with Gasteiger partial charge in [0.05, 0.1) is 11.0 Å². The lowest BCUT2D eigenvalue weighted by Crippen LogP contribution is -2.15. The van der Waals surface area contributed by atoms with Crippen molar-refractivity contribution < 1.29 is 0 Å². The quantitative estimate of drug-likeness (QED) is 0.197. The van der Waals surface area contributed by atoms with Crippen LogP contribution in [0.25, 0.3) is 81.8 Å². The lowest BCUT2D eigenvalue weighted by Gasteiger charge is -2.21. The molecule has 0 spiro atoms. The molecule has 9 aromatic rings. The summed E-state index contributed by atoms with van der Waals surface area (Å²) in [4.78, 5) is 15.7. The van der Waals surface area contributed by atoms with Gasteiger partial charge in [-0.1, -0.05) is 123 Å². The zero-order chi connectivity index (χ0) is 31.3. The summed E-state index contributed by atoms with van der Waals surface area (Å²) in [6, 6.07) is 47.5. The monoisotopic (exact) mass is 620 g/mol. The molecule has 3 heterocycles. The summed E-state index contributed by atoms with van der Waals surface area (Å²) >= 11 is 1.83. The van der Waals surface area contributed by atoms with E-state index in [0.717, 1.165) is 22.2 Å². The van der Waals surface area contributed by atoms with Crippen molar-refractivity contribution in [1.29, 1.82) is 0 Å². The number of para-hydroxylation sites is 1. The second-order valence-corrected chi connectivity index (χ2v) is 13.9. The van der Waals surface area contributed by atoms with Gasteiger partial charge >= 0.3 is 0 Å². The number of benzene rings is 6. The highest BCUT2D eigenvalue weighted by Crippen LogP contribution is 2.49. The predicted octanol–water partition coefficient (Wildman–Crippen LogP) is 11.0. The molecule has 0 saturated carbocycles. The average Bonchev–Trinajstić information content (AvgIpc) is 3.74. The van der Waals surface area contributed by atoms with E-state index in [2.05, 4.69) is 134 Å². The average molecular weight is 621 g/mol. The van der Waals surface area contributed by atoms with E-state index in [0.29, 0.717) is 17.6 Å². The number of hydrogen-bond acceptors (Lipinski definition) is 4. The van der Waals surface area contributed by atoms with Crippen molar-refractivity contribution in [3.63, 3.8) is 0 Å². The van der Waals surface area contributed by atoms with E-state index < -0.39 is 0 Å².